The predicted molar refractivity (Wildman–Crippen MR) is 93.7 cm³/mol. The first-order valence-electron chi connectivity index (χ1n) is 8.47. The van der Waals surface area contributed by atoms with Crippen molar-refractivity contribution < 1.29 is 17.9 Å². The van der Waals surface area contributed by atoms with E-state index in [9.17, 15) is 13.2 Å². The molecule has 2 aromatic carbocycles. The van der Waals surface area contributed by atoms with E-state index in [2.05, 4.69) is 18.9 Å². The highest BCUT2D eigenvalue weighted by Gasteiger charge is 2.30. The number of halogens is 3. The van der Waals surface area contributed by atoms with E-state index in [0.717, 1.165) is 43.6 Å². The Labute approximate surface area is 147 Å². The number of rotatable bonds is 8. The largest absolute Gasteiger partial charge is 0.486 e. The van der Waals surface area contributed by atoms with Crippen LogP contribution < -0.4 is 4.74 Å². The second-order valence-corrected chi connectivity index (χ2v) is 6.13. The van der Waals surface area contributed by atoms with Gasteiger partial charge >= 0.3 is 6.18 Å². The Morgan fingerprint density at radius 3 is 2.16 bits per heavy atom. The zero-order chi connectivity index (χ0) is 18.3. The molecule has 0 aliphatic carbocycles. The predicted octanol–water partition coefficient (Wildman–Crippen LogP) is 5.56. The van der Waals surface area contributed by atoms with Crippen LogP contribution in [0, 0.1) is 0 Å². The Bertz CT molecular complexity index is 626. The summed E-state index contributed by atoms with van der Waals surface area (Å²) in [5.74, 6) is 0.444. The molecule has 2 rings (SSSR count). The van der Waals surface area contributed by atoms with Gasteiger partial charge in [0.25, 0.3) is 0 Å². The summed E-state index contributed by atoms with van der Waals surface area (Å²) >= 11 is 0. The molecule has 2 aromatic rings. The molecule has 136 valence electrons. The third-order valence-corrected chi connectivity index (χ3v) is 4.01. The second kappa shape index (κ2) is 8.90. The Morgan fingerprint density at radius 1 is 0.960 bits per heavy atom. The summed E-state index contributed by atoms with van der Waals surface area (Å²) < 4.78 is 44.1. The normalized spacial score (nSPS) is 13.0. The number of hydrogen-bond acceptors (Lipinski definition) is 2. The molecule has 0 N–H and O–H groups in total. The number of alkyl halides is 3. The highest BCUT2D eigenvalue weighted by molar-refractivity contribution is 5.30. The van der Waals surface area contributed by atoms with E-state index in [1.807, 2.05) is 30.3 Å². The van der Waals surface area contributed by atoms with Crippen molar-refractivity contribution in [1.29, 1.82) is 0 Å². The van der Waals surface area contributed by atoms with Gasteiger partial charge in [0.2, 0.25) is 0 Å². The molecule has 5 heteroatoms. The Hall–Kier alpha value is -2.01. The molecule has 2 nitrogen and oxygen atoms in total. The lowest BCUT2D eigenvalue weighted by Gasteiger charge is -2.23. The van der Waals surface area contributed by atoms with E-state index < -0.39 is 11.7 Å². The number of benzene rings is 2. The highest BCUT2D eigenvalue weighted by Crippen LogP contribution is 2.32. The fourth-order valence-electron chi connectivity index (χ4n) is 2.68. The Kier molecular flexibility index (Phi) is 6.88. The van der Waals surface area contributed by atoms with E-state index in [1.165, 1.54) is 12.1 Å². The van der Waals surface area contributed by atoms with Gasteiger partial charge in [-0.25, -0.2) is 0 Å². The van der Waals surface area contributed by atoms with Crippen LogP contribution in [0.1, 0.15) is 37.0 Å². The molecule has 1 atom stereocenters. The summed E-state index contributed by atoms with van der Waals surface area (Å²) in [6, 6.07) is 14.7. The maximum atomic E-state index is 12.7. The van der Waals surface area contributed by atoms with Gasteiger partial charge in [-0.05, 0) is 49.8 Å². The van der Waals surface area contributed by atoms with Crippen LogP contribution >= 0.6 is 0 Å². The van der Waals surface area contributed by atoms with Crippen molar-refractivity contribution in [2.24, 2.45) is 0 Å². The molecule has 0 heterocycles. The third kappa shape index (κ3) is 6.09. The zero-order valence-electron chi connectivity index (χ0n) is 14.6. The second-order valence-electron chi connectivity index (χ2n) is 6.13. The van der Waals surface area contributed by atoms with Crippen molar-refractivity contribution in [1.82, 2.24) is 4.90 Å². The summed E-state index contributed by atoms with van der Waals surface area (Å²) in [6.07, 6.45) is -2.69. The highest BCUT2D eigenvalue weighted by atomic mass is 19.4. The van der Waals surface area contributed by atoms with Crippen LogP contribution in [-0.4, -0.2) is 25.0 Å². The number of ether oxygens (including phenoxy) is 1. The van der Waals surface area contributed by atoms with Crippen molar-refractivity contribution in [3.63, 3.8) is 0 Å². The molecule has 25 heavy (non-hydrogen) atoms. The van der Waals surface area contributed by atoms with Gasteiger partial charge in [0.15, 0.2) is 0 Å². The van der Waals surface area contributed by atoms with Crippen LogP contribution in [0.15, 0.2) is 54.6 Å². The van der Waals surface area contributed by atoms with Gasteiger partial charge in [-0.2, -0.15) is 13.2 Å². The monoisotopic (exact) mass is 351 g/mol. The fraction of sp³-hybridized carbons (Fsp3) is 0.400. The minimum absolute atomic E-state index is 0.197. The van der Waals surface area contributed by atoms with Gasteiger partial charge in [0.1, 0.15) is 11.9 Å². The lowest BCUT2D eigenvalue weighted by Crippen LogP contribution is -2.23. The minimum atomic E-state index is -4.33. The summed E-state index contributed by atoms with van der Waals surface area (Å²) in [4.78, 5) is 2.23. The molecule has 0 spiro atoms. The smallest absolute Gasteiger partial charge is 0.416 e. The molecule has 0 aromatic heterocycles. The van der Waals surface area contributed by atoms with Crippen LogP contribution in [-0.2, 0) is 6.18 Å². The van der Waals surface area contributed by atoms with Gasteiger partial charge in [-0.15, -0.1) is 0 Å². The van der Waals surface area contributed by atoms with Crippen LogP contribution in [0.5, 0.6) is 5.75 Å². The maximum Gasteiger partial charge on any atom is 0.416 e. The molecule has 0 fully saturated rings. The summed E-state index contributed by atoms with van der Waals surface area (Å²) in [7, 11) is 2.06. The van der Waals surface area contributed by atoms with Crippen LogP contribution in [0.4, 0.5) is 13.2 Å². The molecule has 0 aliphatic rings. The average Bonchev–Trinajstić information content (AvgIpc) is 2.59. The lowest BCUT2D eigenvalue weighted by molar-refractivity contribution is -0.137. The van der Waals surface area contributed by atoms with Gasteiger partial charge in [0, 0.05) is 13.0 Å². The molecule has 0 saturated heterocycles. The van der Waals surface area contributed by atoms with Gasteiger partial charge in [-0.1, -0.05) is 37.3 Å². The van der Waals surface area contributed by atoms with Gasteiger partial charge < -0.3 is 9.64 Å². The van der Waals surface area contributed by atoms with Gasteiger partial charge in [-0.3, -0.25) is 0 Å². The average molecular weight is 351 g/mol. The van der Waals surface area contributed by atoms with Crippen molar-refractivity contribution in [2.45, 2.75) is 32.0 Å². The minimum Gasteiger partial charge on any atom is -0.486 e. The number of hydrogen-bond donors (Lipinski definition) is 0. The molecule has 0 radical (unpaired) electrons. The topological polar surface area (TPSA) is 12.5 Å². The molecule has 0 bridgehead atoms. The summed E-state index contributed by atoms with van der Waals surface area (Å²) in [6.45, 7) is 3.99. The Balaban J connectivity index is 2.10. The van der Waals surface area contributed by atoms with Crippen molar-refractivity contribution in [3.05, 3.63) is 65.7 Å². The van der Waals surface area contributed by atoms with E-state index >= 15 is 0 Å². The van der Waals surface area contributed by atoms with Crippen LogP contribution in [0.3, 0.4) is 0 Å². The van der Waals surface area contributed by atoms with E-state index in [1.54, 1.807) is 0 Å². The first-order chi connectivity index (χ1) is 11.9. The first kappa shape index (κ1) is 19.3. The quantitative estimate of drug-likeness (QED) is 0.617. The molecule has 1 unspecified atom stereocenters. The lowest BCUT2D eigenvalue weighted by atomic mass is 10.1. The molecule has 0 amide bonds. The maximum absolute atomic E-state index is 12.7. The third-order valence-electron chi connectivity index (χ3n) is 4.01. The first-order valence-corrected chi connectivity index (χ1v) is 8.47. The van der Waals surface area contributed by atoms with E-state index in [4.69, 9.17) is 4.74 Å². The fourth-order valence-corrected chi connectivity index (χ4v) is 2.68. The van der Waals surface area contributed by atoms with Crippen LogP contribution in [0.2, 0.25) is 0 Å². The Morgan fingerprint density at radius 2 is 1.60 bits per heavy atom. The van der Waals surface area contributed by atoms with E-state index in [-0.39, 0.29) is 6.10 Å². The van der Waals surface area contributed by atoms with Crippen molar-refractivity contribution >= 4 is 0 Å². The molecular formula is C20H24F3NO. The standard InChI is InChI=1S/C20H24F3NO/c1-3-14-24(2)15-13-19(16-7-5-4-6-8-16)25-18-11-9-17(10-12-18)20(21,22)23/h4-12,19H,3,13-15H2,1-2H3. The molecular weight excluding hydrogens is 327 g/mol. The van der Waals surface area contributed by atoms with Gasteiger partial charge in [0.05, 0.1) is 5.56 Å². The zero-order valence-corrected chi connectivity index (χ0v) is 14.6. The number of nitrogens with zero attached hydrogens (tertiary/aromatic N) is 1. The molecule has 0 aliphatic heterocycles. The molecule has 0 saturated carbocycles. The van der Waals surface area contributed by atoms with Crippen molar-refractivity contribution in [2.75, 3.05) is 20.1 Å². The van der Waals surface area contributed by atoms with Crippen LogP contribution in [0.25, 0.3) is 0 Å². The summed E-state index contributed by atoms with van der Waals surface area (Å²) in [5.41, 5.74) is 0.353. The summed E-state index contributed by atoms with van der Waals surface area (Å²) in [5, 5.41) is 0. The van der Waals surface area contributed by atoms with Crippen molar-refractivity contribution in [3.8, 4) is 5.75 Å². The van der Waals surface area contributed by atoms with E-state index in [0.29, 0.717) is 5.75 Å². The SMILES string of the molecule is CCCN(C)CCC(Oc1ccc(C(F)(F)F)cc1)c1ccccc1.